The topological polar surface area (TPSA) is 58.6 Å². The van der Waals surface area contributed by atoms with Gasteiger partial charge in [-0.05, 0) is 35.7 Å². The molecule has 6 heteroatoms. The van der Waals surface area contributed by atoms with Crippen LogP contribution in [0.1, 0.15) is 25.0 Å². The third kappa shape index (κ3) is 2.99. The van der Waals surface area contributed by atoms with E-state index in [-0.39, 0.29) is 6.04 Å². The summed E-state index contributed by atoms with van der Waals surface area (Å²) in [7, 11) is -3.46. The molecule has 2 atom stereocenters. The molecular weight excluding hydrogens is 288 g/mol. The lowest BCUT2D eigenvalue weighted by atomic mass is 10.1. The number of nitrogens with zero attached hydrogens (tertiary/aromatic N) is 1. The van der Waals surface area contributed by atoms with E-state index in [4.69, 9.17) is 4.74 Å². The van der Waals surface area contributed by atoms with Gasteiger partial charge in [-0.3, -0.25) is 0 Å². The van der Waals surface area contributed by atoms with Gasteiger partial charge in [0.05, 0.1) is 18.1 Å². The van der Waals surface area contributed by atoms with Crippen LogP contribution in [0.15, 0.2) is 23.1 Å². The largest absolute Gasteiger partial charge is 0.372 e. The molecule has 0 bridgehead atoms. The van der Waals surface area contributed by atoms with Crippen molar-refractivity contribution >= 4 is 10.0 Å². The molecule has 1 aromatic carbocycles. The van der Waals surface area contributed by atoms with Crippen LogP contribution in [-0.2, 0) is 28.0 Å². The fourth-order valence-electron chi connectivity index (χ4n) is 3.06. The number of nitrogens with one attached hydrogen (secondary N) is 1. The first kappa shape index (κ1) is 15.0. The number of sulfonamides is 1. The molecule has 1 fully saturated rings. The Labute approximate surface area is 126 Å². The van der Waals surface area contributed by atoms with Gasteiger partial charge >= 0.3 is 0 Å². The molecule has 0 amide bonds. The summed E-state index contributed by atoms with van der Waals surface area (Å²) in [5.41, 5.74) is 2.06. The Morgan fingerprint density at radius 3 is 2.76 bits per heavy atom. The molecule has 0 aromatic heterocycles. The average molecular weight is 310 g/mol. The van der Waals surface area contributed by atoms with Crippen molar-refractivity contribution in [3.8, 4) is 0 Å². The molecule has 2 heterocycles. The minimum Gasteiger partial charge on any atom is -0.372 e. The molecular formula is C15H22N2O3S. The van der Waals surface area contributed by atoms with Gasteiger partial charge in [-0.15, -0.1) is 0 Å². The second-order valence-electron chi connectivity index (χ2n) is 5.98. The Hall–Kier alpha value is -0.950. The van der Waals surface area contributed by atoms with E-state index in [9.17, 15) is 8.42 Å². The Morgan fingerprint density at radius 2 is 2.05 bits per heavy atom. The lowest BCUT2D eigenvalue weighted by Gasteiger charge is -2.17. The molecule has 0 aliphatic carbocycles. The van der Waals surface area contributed by atoms with Gasteiger partial charge < -0.3 is 9.64 Å². The highest BCUT2D eigenvalue weighted by molar-refractivity contribution is 7.89. The van der Waals surface area contributed by atoms with E-state index in [2.05, 4.69) is 23.5 Å². The smallest absolute Gasteiger partial charge is 0.240 e. The maximum atomic E-state index is 12.6. The van der Waals surface area contributed by atoms with Crippen LogP contribution in [0, 0.1) is 5.92 Å². The van der Waals surface area contributed by atoms with Gasteiger partial charge in [-0.1, -0.05) is 19.9 Å². The van der Waals surface area contributed by atoms with Crippen molar-refractivity contribution in [2.75, 3.05) is 19.6 Å². The van der Waals surface area contributed by atoms with E-state index in [1.807, 2.05) is 6.07 Å². The number of hydrogen-bond donors (Lipinski definition) is 1. The number of likely N-dealkylation sites (tertiary alicyclic amines) is 1. The predicted octanol–water partition coefficient (Wildman–Crippen LogP) is 1.34. The van der Waals surface area contributed by atoms with Crippen LogP contribution < -0.4 is 4.72 Å². The molecule has 1 aromatic rings. The first-order valence-corrected chi connectivity index (χ1v) is 8.92. The zero-order chi connectivity index (χ0) is 15.0. The van der Waals surface area contributed by atoms with Crippen LogP contribution in [0.25, 0.3) is 0 Å². The van der Waals surface area contributed by atoms with Crippen LogP contribution in [0.2, 0.25) is 0 Å². The number of hydrogen-bond acceptors (Lipinski definition) is 4. The highest BCUT2D eigenvalue weighted by Crippen LogP contribution is 2.24. The molecule has 116 valence electrons. The molecule has 1 saturated heterocycles. The van der Waals surface area contributed by atoms with E-state index in [1.165, 1.54) is 0 Å². The quantitative estimate of drug-likeness (QED) is 0.911. The van der Waals surface area contributed by atoms with Crippen molar-refractivity contribution in [2.45, 2.75) is 38.0 Å². The molecule has 3 rings (SSSR count). The van der Waals surface area contributed by atoms with Crippen LogP contribution in [0.4, 0.5) is 0 Å². The zero-order valence-corrected chi connectivity index (χ0v) is 13.3. The summed E-state index contributed by atoms with van der Waals surface area (Å²) >= 11 is 0. The summed E-state index contributed by atoms with van der Waals surface area (Å²) in [6.45, 7) is 7.96. The summed E-state index contributed by atoms with van der Waals surface area (Å²) in [6, 6.07) is 5.25. The summed E-state index contributed by atoms with van der Waals surface area (Å²) in [6.07, 6.45) is 0. The van der Waals surface area contributed by atoms with Crippen LogP contribution in [0.5, 0.6) is 0 Å². The van der Waals surface area contributed by atoms with E-state index in [1.54, 1.807) is 12.1 Å². The standard InChI is InChI=1S/C15H22N2O3S/c1-3-17-7-11(2)15(8-17)16-21(18,19)14-5-4-12-9-20-10-13(12)6-14/h4-6,11,15-16H,3,7-10H2,1-2H3/t11-,15-/m1/s1. The molecule has 0 radical (unpaired) electrons. The molecule has 0 spiro atoms. The molecule has 1 N–H and O–H groups in total. The first-order valence-electron chi connectivity index (χ1n) is 7.44. The van der Waals surface area contributed by atoms with Crippen LogP contribution in [-0.4, -0.2) is 39.0 Å². The number of benzene rings is 1. The summed E-state index contributed by atoms with van der Waals surface area (Å²) in [4.78, 5) is 2.61. The number of rotatable bonds is 4. The van der Waals surface area contributed by atoms with Crippen molar-refractivity contribution in [1.29, 1.82) is 0 Å². The molecule has 0 saturated carbocycles. The minimum atomic E-state index is -3.46. The van der Waals surface area contributed by atoms with Crippen LogP contribution in [0.3, 0.4) is 0 Å². The fraction of sp³-hybridized carbons (Fsp3) is 0.600. The molecule has 21 heavy (non-hydrogen) atoms. The van der Waals surface area contributed by atoms with Gasteiger partial charge in [0, 0.05) is 19.1 Å². The van der Waals surface area contributed by atoms with Gasteiger partial charge in [0.15, 0.2) is 0 Å². The average Bonchev–Trinajstić information content (AvgIpc) is 3.04. The maximum Gasteiger partial charge on any atom is 0.240 e. The Balaban J connectivity index is 1.78. The van der Waals surface area contributed by atoms with E-state index in [0.717, 1.165) is 30.8 Å². The van der Waals surface area contributed by atoms with E-state index >= 15 is 0 Å². The second-order valence-corrected chi connectivity index (χ2v) is 7.69. The monoisotopic (exact) mass is 310 g/mol. The van der Waals surface area contributed by atoms with Crippen molar-refractivity contribution in [3.63, 3.8) is 0 Å². The minimum absolute atomic E-state index is 0.0144. The molecule has 2 aliphatic rings. The van der Waals surface area contributed by atoms with Gasteiger partial charge in [-0.25, -0.2) is 13.1 Å². The Kier molecular flexibility index (Phi) is 4.05. The summed E-state index contributed by atoms with van der Waals surface area (Å²) in [5, 5.41) is 0. The van der Waals surface area contributed by atoms with Gasteiger partial charge in [0.25, 0.3) is 0 Å². The first-order chi connectivity index (χ1) is 9.99. The molecule has 0 unspecified atom stereocenters. The van der Waals surface area contributed by atoms with Crippen LogP contribution >= 0.6 is 0 Å². The Bertz CT molecular complexity index is 630. The van der Waals surface area contributed by atoms with Gasteiger partial charge in [0.1, 0.15) is 0 Å². The summed E-state index contributed by atoms with van der Waals surface area (Å²) in [5.74, 6) is 0.331. The SMILES string of the molecule is CCN1C[C@@H](C)[C@H](NS(=O)(=O)c2ccc3c(c2)COC3)C1. The number of ether oxygens (including phenoxy) is 1. The maximum absolute atomic E-state index is 12.6. The third-order valence-electron chi connectivity index (χ3n) is 4.44. The van der Waals surface area contributed by atoms with Crippen molar-refractivity contribution in [2.24, 2.45) is 5.92 Å². The zero-order valence-electron chi connectivity index (χ0n) is 12.5. The van der Waals surface area contributed by atoms with Crippen molar-refractivity contribution in [1.82, 2.24) is 9.62 Å². The van der Waals surface area contributed by atoms with Gasteiger partial charge in [0.2, 0.25) is 10.0 Å². The number of likely N-dealkylation sites (N-methyl/N-ethyl adjacent to an activating group) is 1. The van der Waals surface area contributed by atoms with E-state index < -0.39 is 10.0 Å². The normalized spacial score (nSPS) is 26.2. The fourth-order valence-corrected chi connectivity index (χ4v) is 4.45. The van der Waals surface area contributed by atoms with Crippen molar-refractivity contribution in [3.05, 3.63) is 29.3 Å². The lowest BCUT2D eigenvalue weighted by Crippen LogP contribution is -2.39. The van der Waals surface area contributed by atoms with Gasteiger partial charge in [-0.2, -0.15) is 0 Å². The highest BCUT2D eigenvalue weighted by atomic mass is 32.2. The van der Waals surface area contributed by atoms with Crippen molar-refractivity contribution < 1.29 is 13.2 Å². The Morgan fingerprint density at radius 1 is 1.29 bits per heavy atom. The third-order valence-corrected chi connectivity index (χ3v) is 5.93. The predicted molar refractivity (Wildman–Crippen MR) is 80.3 cm³/mol. The second kappa shape index (κ2) is 5.68. The highest BCUT2D eigenvalue weighted by Gasteiger charge is 2.32. The summed E-state index contributed by atoms with van der Waals surface area (Å²) < 4.78 is 33.3. The lowest BCUT2D eigenvalue weighted by molar-refractivity contribution is 0.134. The molecule has 2 aliphatic heterocycles. The number of fused-ring (bicyclic) bond motifs is 1. The molecule has 5 nitrogen and oxygen atoms in total. The van der Waals surface area contributed by atoms with E-state index in [0.29, 0.717) is 24.0 Å².